The number of anilines is 2. The van der Waals surface area contributed by atoms with Crippen LogP contribution in [0.5, 0.6) is 0 Å². The number of benzene rings is 1. The molecular weight excluding hydrogens is 236 g/mol. The van der Waals surface area contributed by atoms with Gasteiger partial charge in [-0.25, -0.2) is 4.68 Å². The maximum atomic E-state index is 6.10. The van der Waals surface area contributed by atoms with Gasteiger partial charge in [-0.15, -0.1) is 0 Å². The summed E-state index contributed by atoms with van der Waals surface area (Å²) in [7, 11) is 0. The van der Waals surface area contributed by atoms with Gasteiger partial charge in [0.15, 0.2) is 0 Å². The minimum atomic E-state index is 0.199. The van der Waals surface area contributed by atoms with Crippen LogP contribution in [0.1, 0.15) is 36.7 Å². The van der Waals surface area contributed by atoms with Gasteiger partial charge in [-0.1, -0.05) is 24.3 Å². The molecule has 0 saturated carbocycles. The lowest BCUT2D eigenvalue weighted by Crippen LogP contribution is -2.13. The van der Waals surface area contributed by atoms with Crippen LogP contribution in [0.2, 0.25) is 0 Å². The molecule has 4 heteroatoms. The molecule has 2 rings (SSSR count). The second-order valence-corrected chi connectivity index (χ2v) is 4.89. The Labute approximate surface area is 114 Å². The molecule has 0 bridgehead atoms. The first-order valence-corrected chi connectivity index (χ1v) is 6.69. The average molecular weight is 258 g/mol. The summed E-state index contributed by atoms with van der Waals surface area (Å²) < 4.78 is 1.92. The molecule has 0 saturated heterocycles. The highest BCUT2D eigenvalue weighted by molar-refractivity contribution is 5.65. The SMILES string of the molecule is CCn1nc(C)c(N)c1NC(C)c1ccccc1C. The summed E-state index contributed by atoms with van der Waals surface area (Å²) in [5, 5.41) is 7.91. The maximum Gasteiger partial charge on any atom is 0.148 e. The quantitative estimate of drug-likeness (QED) is 0.885. The number of nitrogen functional groups attached to an aromatic ring is 1. The molecule has 0 fully saturated rings. The summed E-state index contributed by atoms with van der Waals surface area (Å²) in [5.74, 6) is 0.913. The number of aromatic nitrogens is 2. The van der Waals surface area contributed by atoms with Gasteiger partial charge in [-0.2, -0.15) is 5.10 Å². The van der Waals surface area contributed by atoms with Crippen LogP contribution in [0.4, 0.5) is 11.5 Å². The van der Waals surface area contributed by atoms with Crippen LogP contribution in [0, 0.1) is 13.8 Å². The monoisotopic (exact) mass is 258 g/mol. The molecule has 1 unspecified atom stereocenters. The van der Waals surface area contributed by atoms with E-state index in [4.69, 9.17) is 5.73 Å². The lowest BCUT2D eigenvalue weighted by molar-refractivity contribution is 0.651. The van der Waals surface area contributed by atoms with E-state index < -0.39 is 0 Å². The Morgan fingerprint density at radius 2 is 2.00 bits per heavy atom. The van der Waals surface area contributed by atoms with Crippen molar-refractivity contribution >= 4 is 11.5 Å². The summed E-state index contributed by atoms with van der Waals surface area (Å²) >= 11 is 0. The number of hydrogen-bond donors (Lipinski definition) is 2. The van der Waals surface area contributed by atoms with Gasteiger partial charge in [-0.05, 0) is 38.8 Å². The Balaban J connectivity index is 2.29. The molecule has 1 aromatic carbocycles. The normalized spacial score (nSPS) is 12.4. The highest BCUT2D eigenvalue weighted by Gasteiger charge is 2.15. The Kier molecular flexibility index (Phi) is 3.79. The van der Waals surface area contributed by atoms with E-state index in [0.29, 0.717) is 0 Å². The largest absolute Gasteiger partial charge is 0.394 e. The third-order valence-electron chi connectivity index (χ3n) is 3.48. The van der Waals surface area contributed by atoms with Crippen LogP contribution in [0.25, 0.3) is 0 Å². The smallest absolute Gasteiger partial charge is 0.148 e. The Hall–Kier alpha value is -1.97. The minimum Gasteiger partial charge on any atom is -0.394 e. The van der Waals surface area contributed by atoms with Crippen LogP contribution >= 0.6 is 0 Å². The van der Waals surface area contributed by atoms with E-state index in [1.807, 2.05) is 11.6 Å². The third-order valence-corrected chi connectivity index (χ3v) is 3.48. The highest BCUT2D eigenvalue weighted by Crippen LogP contribution is 2.27. The first-order valence-electron chi connectivity index (χ1n) is 6.69. The Morgan fingerprint density at radius 3 is 2.63 bits per heavy atom. The first kappa shape index (κ1) is 13.5. The van der Waals surface area contributed by atoms with Crippen LogP contribution in [0.3, 0.4) is 0 Å². The summed E-state index contributed by atoms with van der Waals surface area (Å²) in [4.78, 5) is 0. The molecule has 0 aliphatic rings. The van der Waals surface area contributed by atoms with Crippen LogP contribution in [-0.2, 0) is 6.54 Å². The van der Waals surface area contributed by atoms with Crippen molar-refractivity contribution in [3.63, 3.8) is 0 Å². The predicted octanol–water partition coefficient (Wildman–Crippen LogP) is 3.28. The van der Waals surface area contributed by atoms with Crippen molar-refractivity contribution in [2.45, 2.75) is 40.3 Å². The number of nitrogens with one attached hydrogen (secondary N) is 1. The van der Waals surface area contributed by atoms with Gasteiger partial charge in [0.1, 0.15) is 5.82 Å². The van der Waals surface area contributed by atoms with Gasteiger partial charge in [0.25, 0.3) is 0 Å². The lowest BCUT2D eigenvalue weighted by atomic mass is 10.0. The van der Waals surface area contributed by atoms with E-state index in [9.17, 15) is 0 Å². The van der Waals surface area contributed by atoms with E-state index in [-0.39, 0.29) is 6.04 Å². The maximum absolute atomic E-state index is 6.10. The molecule has 19 heavy (non-hydrogen) atoms. The molecule has 1 atom stereocenters. The molecule has 1 heterocycles. The summed E-state index contributed by atoms with van der Waals surface area (Å²) in [6, 6.07) is 8.58. The molecule has 0 amide bonds. The average Bonchev–Trinajstić information content (AvgIpc) is 2.67. The second-order valence-electron chi connectivity index (χ2n) is 4.89. The van der Waals surface area contributed by atoms with Crippen LogP contribution < -0.4 is 11.1 Å². The Morgan fingerprint density at radius 1 is 1.32 bits per heavy atom. The van der Waals surface area contributed by atoms with Gasteiger partial charge in [-0.3, -0.25) is 0 Å². The number of hydrogen-bond acceptors (Lipinski definition) is 3. The van der Waals surface area contributed by atoms with Crippen LogP contribution in [-0.4, -0.2) is 9.78 Å². The molecular formula is C15H22N4. The molecule has 0 radical (unpaired) electrons. The zero-order valence-corrected chi connectivity index (χ0v) is 12.1. The van der Waals surface area contributed by atoms with Crippen molar-refractivity contribution in [3.05, 3.63) is 41.1 Å². The fourth-order valence-electron chi connectivity index (χ4n) is 2.33. The van der Waals surface area contributed by atoms with Gasteiger partial charge in [0.05, 0.1) is 17.4 Å². The van der Waals surface area contributed by atoms with Crippen LogP contribution in [0.15, 0.2) is 24.3 Å². The lowest BCUT2D eigenvalue weighted by Gasteiger charge is -2.18. The van der Waals surface area contributed by atoms with Crippen molar-refractivity contribution in [1.82, 2.24) is 9.78 Å². The van der Waals surface area contributed by atoms with E-state index in [1.165, 1.54) is 11.1 Å². The van der Waals surface area contributed by atoms with Crippen molar-refractivity contribution in [2.75, 3.05) is 11.1 Å². The van der Waals surface area contributed by atoms with E-state index in [2.05, 4.69) is 55.5 Å². The Bertz CT molecular complexity index is 572. The van der Waals surface area contributed by atoms with Crippen molar-refractivity contribution < 1.29 is 0 Å². The minimum absolute atomic E-state index is 0.199. The fourth-order valence-corrected chi connectivity index (χ4v) is 2.33. The molecule has 102 valence electrons. The van der Waals surface area contributed by atoms with E-state index in [0.717, 1.165) is 23.7 Å². The number of nitrogens with two attached hydrogens (primary N) is 1. The fraction of sp³-hybridized carbons (Fsp3) is 0.400. The zero-order chi connectivity index (χ0) is 14.0. The van der Waals surface area contributed by atoms with Crippen molar-refractivity contribution in [2.24, 2.45) is 0 Å². The number of rotatable bonds is 4. The van der Waals surface area contributed by atoms with Crippen molar-refractivity contribution in [3.8, 4) is 0 Å². The van der Waals surface area contributed by atoms with Crippen molar-refractivity contribution in [1.29, 1.82) is 0 Å². The molecule has 2 aromatic rings. The van der Waals surface area contributed by atoms with E-state index in [1.54, 1.807) is 0 Å². The predicted molar refractivity (Wildman–Crippen MR) is 80.3 cm³/mol. The third kappa shape index (κ3) is 2.57. The molecule has 1 aromatic heterocycles. The molecule has 4 nitrogen and oxygen atoms in total. The second kappa shape index (κ2) is 5.34. The number of nitrogens with zero attached hydrogens (tertiary/aromatic N) is 2. The standard InChI is InChI=1S/C15H22N4/c1-5-19-15(14(16)12(4)18-19)17-11(3)13-9-7-6-8-10(13)2/h6-9,11,17H,5,16H2,1-4H3. The van der Waals surface area contributed by atoms with Gasteiger partial charge in [0, 0.05) is 6.54 Å². The summed E-state index contributed by atoms with van der Waals surface area (Å²) in [6.07, 6.45) is 0. The molecule has 0 aliphatic carbocycles. The molecule has 3 N–H and O–H groups in total. The summed E-state index contributed by atoms with van der Waals surface area (Å²) in [6.45, 7) is 9.07. The van der Waals surface area contributed by atoms with Gasteiger partial charge >= 0.3 is 0 Å². The highest BCUT2D eigenvalue weighted by atomic mass is 15.3. The topological polar surface area (TPSA) is 55.9 Å². The number of aryl methyl sites for hydroxylation is 3. The molecule has 0 spiro atoms. The first-order chi connectivity index (χ1) is 9.04. The van der Waals surface area contributed by atoms with Gasteiger partial charge in [0.2, 0.25) is 0 Å². The van der Waals surface area contributed by atoms with Gasteiger partial charge < -0.3 is 11.1 Å². The van der Waals surface area contributed by atoms with E-state index >= 15 is 0 Å². The zero-order valence-electron chi connectivity index (χ0n) is 12.1. The molecule has 0 aliphatic heterocycles. The summed E-state index contributed by atoms with van der Waals surface area (Å²) in [5.41, 5.74) is 10.3.